The molecule has 0 radical (unpaired) electrons. The van der Waals surface area contributed by atoms with Crippen molar-refractivity contribution >= 4 is 0 Å². The first kappa shape index (κ1) is 21.7. The van der Waals surface area contributed by atoms with Crippen LogP contribution in [0.5, 0.6) is 28.7 Å². The van der Waals surface area contributed by atoms with Crippen LogP contribution in [0.3, 0.4) is 0 Å². The van der Waals surface area contributed by atoms with E-state index in [4.69, 9.17) is 23.7 Å². The molecule has 7 nitrogen and oxygen atoms in total. The van der Waals surface area contributed by atoms with E-state index in [1.807, 2.05) is 48.3 Å². The van der Waals surface area contributed by atoms with Crippen LogP contribution in [-0.4, -0.2) is 64.7 Å². The lowest BCUT2D eigenvalue weighted by atomic mass is 10.1. The summed E-state index contributed by atoms with van der Waals surface area (Å²) in [4.78, 5) is 1.99. The Morgan fingerprint density at radius 2 is 1.46 bits per heavy atom. The molecule has 7 heteroatoms. The minimum absolute atomic E-state index is 0.194. The van der Waals surface area contributed by atoms with Crippen molar-refractivity contribution in [3.63, 3.8) is 0 Å². The molecular weight excluding hydrogens is 362 g/mol. The lowest BCUT2D eigenvalue weighted by Gasteiger charge is -2.23. The van der Waals surface area contributed by atoms with Crippen LogP contribution < -0.4 is 23.7 Å². The first-order valence-corrected chi connectivity index (χ1v) is 8.93. The van der Waals surface area contributed by atoms with Gasteiger partial charge in [0.1, 0.15) is 24.2 Å². The lowest BCUT2D eigenvalue weighted by molar-refractivity contribution is 0.0741. The summed E-state index contributed by atoms with van der Waals surface area (Å²) < 4.78 is 27.0. The van der Waals surface area contributed by atoms with E-state index >= 15 is 0 Å². The Kier molecular flexibility index (Phi) is 8.22. The maximum Gasteiger partial charge on any atom is 0.203 e. The Labute approximate surface area is 166 Å². The number of ether oxygens (including phenoxy) is 5. The van der Waals surface area contributed by atoms with E-state index in [-0.39, 0.29) is 6.61 Å². The maximum absolute atomic E-state index is 10.3. The predicted molar refractivity (Wildman–Crippen MR) is 107 cm³/mol. The van der Waals surface area contributed by atoms with Crippen LogP contribution in [0, 0.1) is 0 Å². The van der Waals surface area contributed by atoms with Gasteiger partial charge in [-0.15, -0.1) is 0 Å². The van der Waals surface area contributed by atoms with Gasteiger partial charge >= 0.3 is 0 Å². The number of methoxy groups -OCH3 is 4. The number of hydrogen-bond donors (Lipinski definition) is 1. The van der Waals surface area contributed by atoms with E-state index in [0.717, 1.165) is 11.3 Å². The van der Waals surface area contributed by atoms with Crippen molar-refractivity contribution in [3.8, 4) is 28.7 Å². The van der Waals surface area contributed by atoms with Crippen molar-refractivity contribution in [2.45, 2.75) is 12.6 Å². The molecular formula is C21H29NO6. The minimum atomic E-state index is -0.641. The SMILES string of the molecule is COc1ccc(OCC(O)CN(C)Cc2ccc(OC)c(OC)c2OC)cc1. The van der Waals surface area contributed by atoms with E-state index in [1.54, 1.807) is 28.4 Å². The van der Waals surface area contributed by atoms with Crippen LogP contribution >= 0.6 is 0 Å². The Balaban J connectivity index is 1.92. The smallest absolute Gasteiger partial charge is 0.203 e. The van der Waals surface area contributed by atoms with Crippen molar-refractivity contribution in [3.05, 3.63) is 42.0 Å². The van der Waals surface area contributed by atoms with Crippen LogP contribution in [-0.2, 0) is 6.54 Å². The Hall–Kier alpha value is -2.64. The van der Waals surface area contributed by atoms with E-state index < -0.39 is 6.10 Å². The summed E-state index contributed by atoms with van der Waals surface area (Å²) in [5, 5.41) is 10.3. The van der Waals surface area contributed by atoms with Crippen molar-refractivity contribution in [1.82, 2.24) is 4.90 Å². The summed E-state index contributed by atoms with van der Waals surface area (Å²) in [5.74, 6) is 3.23. The molecule has 0 spiro atoms. The third-order valence-electron chi connectivity index (χ3n) is 4.25. The zero-order chi connectivity index (χ0) is 20.5. The Morgan fingerprint density at radius 1 is 0.821 bits per heavy atom. The topological polar surface area (TPSA) is 69.6 Å². The van der Waals surface area contributed by atoms with Gasteiger partial charge in [0.05, 0.1) is 28.4 Å². The molecule has 1 unspecified atom stereocenters. The average molecular weight is 391 g/mol. The number of hydrogen-bond acceptors (Lipinski definition) is 7. The molecule has 0 bridgehead atoms. The van der Waals surface area contributed by atoms with E-state index in [9.17, 15) is 5.11 Å². The lowest BCUT2D eigenvalue weighted by Crippen LogP contribution is -2.32. The Morgan fingerprint density at radius 3 is 2.04 bits per heavy atom. The Bertz CT molecular complexity index is 734. The highest BCUT2D eigenvalue weighted by atomic mass is 16.5. The third-order valence-corrected chi connectivity index (χ3v) is 4.25. The molecule has 1 atom stereocenters. The summed E-state index contributed by atoms with van der Waals surface area (Å²) in [6.07, 6.45) is -0.641. The minimum Gasteiger partial charge on any atom is -0.497 e. The van der Waals surface area contributed by atoms with Crippen molar-refractivity contribution in [2.24, 2.45) is 0 Å². The molecule has 154 valence electrons. The van der Waals surface area contributed by atoms with Gasteiger partial charge in [-0.1, -0.05) is 6.07 Å². The number of nitrogens with zero attached hydrogens (tertiary/aromatic N) is 1. The molecule has 0 saturated carbocycles. The normalized spacial score (nSPS) is 11.8. The molecule has 28 heavy (non-hydrogen) atoms. The summed E-state index contributed by atoms with van der Waals surface area (Å²) in [6, 6.07) is 11.0. The standard InChI is InChI=1S/C21H29NO6/c1-22(12-15-6-11-19(25-3)21(27-5)20(15)26-4)13-16(23)14-28-18-9-7-17(24-2)8-10-18/h6-11,16,23H,12-14H2,1-5H3. The number of likely N-dealkylation sites (N-methyl/N-ethyl adjacent to an activating group) is 1. The number of aliphatic hydroxyl groups excluding tert-OH is 1. The van der Waals surface area contributed by atoms with E-state index in [1.165, 1.54) is 0 Å². The molecule has 0 aliphatic rings. The molecule has 0 heterocycles. The molecule has 0 saturated heterocycles. The second kappa shape index (κ2) is 10.6. The first-order valence-electron chi connectivity index (χ1n) is 8.93. The second-order valence-electron chi connectivity index (χ2n) is 6.33. The predicted octanol–water partition coefficient (Wildman–Crippen LogP) is 2.59. The summed E-state index contributed by atoms with van der Waals surface area (Å²) >= 11 is 0. The molecule has 0 aliphatic heterocycles. The van der Waals surface area contributed by atoms with Gasteiger partial charge in [-0.3, -0.25) is 4.90 Å². The summed E-state index contributed by atoms with van der Waals surface area (Å²) in [6.45, 7) is 1.20. The van der Waals surface area contributed by atoms with Gasteiger partial charge in [0.15, 0.2) is 11.5 Å². The molecule has 0 fully saturated rings. The summed E-state index contributed by atoms with van der Waals surface area (Å²) in [5.41, 5.74) is 0.936. The van der Waals surface area contributed by atoms with Gasteiger partial charge in [0.25, 0.3) is 0 Å². The highest BCUT2D eigenvalue weighted by Crippen LogP contribution is 2.40. The van der Waals surface area contributed by atoms with Gasteiger partial charge in [0, 0.05) is 18.7 Å². The first-order chi connectivity index (χ1) is 13.5. The summed E-state index contributed by atoms with van der Waals surface area (Å²) in [7, 11) is 8.30. The van der Waals surface area contributed by atoms with Crippen molar-refractivity contribution in [1.29, 1.82) is 0 Å². The molecule has 2 aromatic rings. The van der Waals surface area contributed by atoms with Crippen LogP contribution in [0.15, 0.2) is 36.4 Å². The quantitative estimate of drug-likeness (QED) is 0.631. The fourth-order valence-corrected chi connectivity index (χ4v) is 2.92. The monoisotopic (exact) mass is 391 g/mol. The largest absolute Gasteiger partial charge is 0.497 e. The van der Waals surface area contributed by atoms with Crippen molar-refractivity contribution < 1.29 is 28.8 Å². The van der Waals surface area contributed by atoms with Gasteiger partial charge in [-0.05, 0) is 37.4 Å². The van der Waals surface area contributed by atoms with Gasteiger partial charge in [-0.25, -0.2) is 0 Å². The van der Waals surface area contributed by atoms with E-state index in [2.05, 4.69) is 0 Å². The zero-order valence-corrected chi connectivity index (χ0v) is 17.1. The van der Waals surface area contributed by atoms with Gasteiger partial charge in [0.2, 0.25) is 5.75 Å². The second-order valence-corrected chi connectivity index (χ2v) is 6.33. The van der Waals surface area contributed by atoms with Crippen LogP contribution in [0.2, 0.25) is 0 Å². The number of benzene rings is 2. The third kappa shape index (κ3) is 5.68. The fraction of sp³-hybridized carbons (Fsp3) is 0.429. The molecule has 1 N–H and O–H groups in total. The van der Waals surface area contributed by atoms with Gasteiger partial charge in [-0.2, -0.15) is 0 Å². The fourth-order valence-electron chi connectivity index (χ4n) is 2.92. The maximum atomic E-state index is 10.3. The molecule has 0 aliphatic carbocycles. The number of aliphatic hydroxyl groups is 1. The van der Waals surface area contributed by atoms with Gasteiger partial charge < -0.3 is 28.8 Å². The molecule has 0 amide bonds. The van der Waals surface area contributed by atoms with Crippen molar-refractivity contribution in [2.75, 3.05) is 48.6 Å². The van der Waals surface area contributed by atoms with Crippen LogP contribution in [0.25, 0.3) is 0 Å². The van der Waals surface area contributed by atoms with E-state index in [0.29, 0.717) is 36.1 Å². The average Bonchev–Trinajstić information content (AvgIpc) is 2.71. The zero-order valence-electron chi connectivity index (χ0n) is 17.1. The molecule has 2 aromatic carbocycles. The molecule has 0 aromatic heterocycles. The highest BCUT2D eigenvalue weighted by Gasteiger charge is 2.18. The van der Waals surface area contributed by atoms with Crippen LogP contribution in [0.4, 0.5) is 0 Å². The van der Waals surface area contributed by atoms with Crippen LogP contribution in [0.1, 0.15) is 5.56 Å². The number of rotatable bonds is 11. The highest BCUT2D eigenvalue weighted by molar-refractivity contribution is 5.55. The molecule has 2 rings (SSSR count).